The van der Waals surface area contributed by atoms with Gasteiger partial charge in [-0.25, -0.2) is 13.6 Å². The first-order chi connectivity index (χ1) is 11.7. The van der Waals surface area contributed by atoms with Gasteiger partial charge in [-0.1, -0.05) is 6.07 Å². The molecule has 8 heteroatoms. The molecule has 1 aromatic carbocycles. The molecule has 1 amide bonds. The molecule has 0 saturated carbocycles. The van der Waals surface area contributed by atoms with Crippen molar-refractivity contribution in [2.24, 2.45) is 7.05 Å². The van der Waals surface area contributed by atoms with Crippen LogP contribution in [0.3, 0.4) is 0 Å². The molecule has 0 aliphatic rings. The van der Waals surface area contributed by atoms with Crippen LogP contribution in [0, 0.1) is 11.6 Å². The zero-order chi connectivity index (χ0) is 18.6. The summed E-state index contributed by atoms with van der Waals surface area (Å²) in [7, 11) is 1.70. The van der Waals surface area contributed by atoms with Crippen molar-refractivity contribution in [2.45, 2.75) is 39.5 Å². The number of benzene rings is 1. The summed E-state index contributed by atoms with van der Waals surface area (Å²) in [4.78, 5) is 11.9. The number of halogens is 2. The van der Waals surface area contributed by atoms with Gasteiger partial charge in [-0.05, 0) is 38.5 Å². The summed E-state index contributed by atoms with van der Waals surface area (Å²) in [5.74, 6) is -1.25. The van der Waals surface area contributed by atoms with Gasteiger partial charge in [0, 0.05) is 25.7 Å². The lowest BCUT2D eigenvalue weighted by atomic mass is 10.2. The van der Waals surface area contributed by atoms with Crippen LogP contribution in [-0.4, -0.2) is 21.5 Å². The topological polar surface area (TPSA) is 68.2 Å². The third-order valence-electron chi connectivity index (χ3n) is 3.26. The third-order valence-corrected chi connectivity index (χ3v) is 3.26. The van der Waals surface area contributed by atoms with E-state index < -0.39 is 23.3 Å². The first kappa shape index (κ1) is 18.9. The Labute approximate surface area is 145 Å². The minimum absolute atomic E-state index is 0.345. The molecule has 2 N–H and O–H groups in total. The van der Waals surface area contributed by atoms with Crippen molar-refractivity contribution in [3.63, 3.8) is 0 Å². The van der Waals surface area contributed by atoms with Crippen molar-refractivity contribution in [3.8, 4) is 0 Å². The summed E-state index contributed by atoms with van der Waals surface area (Å²) in [5.41, 5.74) is 0.758. The lowest BCUT2D eigenvalue weighted by molar-refractivity contribution is 0.0634. The summed E-state index contributed by atoms with van der Waals surface area (Å²) in [5, 5.41) is 9.89. The Morgan fingerprint density at radius 2 is 1.96 bits per heavy atom. The number of nitrogens with one attached hydrogen (secondary N) is 2. The lowest BCUT2D eigenvalue weighted by Crippen LogP contribution is -2.28. The highest BCUT2D eigenvalue weighted by Gasteiger charge is 2.19. The summed E-state index contributed by atoms with van der Waals surface area (Å²) in [6, 6.07) is 3.74. The Hall–Kier alpha value is -2.48. The molecule has 0 aliphatic heterocycles. The average Bonchev–Trinajstić information content (AvgIpc) is 2.82. The van der Waals surface area contributed by atoms with Crippen molar-refractivity contribution in [1.82, 2.24) is 15.1 Å². The summed E-state index contributed by atoms with van der Waals surface area (Å²) >= 11 is 0. The van der Waals surface area contributed by atoms with E-state index in [1.807, 2.05) is 0 Å². The van der Waals surface area contributed by atoms with Crippen LogP contribution in [0.25, 0.3) is 0 Å². The second-order valence-electron chi connectivity index (χ2n) is 6.62. The quantitative estimate of drug-likeness (QED) is 0.866. The molecule has 136 valence electrons. The molecule has 0 unspecified atom stereocenters. The maximum atomic E-state index is 13.2. The molecule has 1 aromatic heterocycles. The van der Waals surface area contributed by atoms with Gasteiger partial charge in [0.1, 0.15) is 11.4 Å². The number of carbonyl (C=O) groups is 1. The standard InChI is InChI=1S/C17H22F2N4O2/c1-17(2,3)25-16(24)22-15-12(10-21-23(15)4)9-20-8-11-5-6-13(18)14(19)7-11/h5-7,10,20H,8-9H2,1-4H3,(H,22,24). The Kier molecular flexibility index (Phi) is 5.73. The minimum atomic E-state index is -0.882. The fourth-order valence-electron chi connectivity index (χ4n) is 2.16. The molecular weight excluding hydrogens is 330 g/mol. The van der Waals surface area contributed by atoms with Crippen LogP contribution in [0.4, 0.5) is 19.4 Å². The predicted octanol–water partition coefficient (Wildman–Crippen LogP) is 3.34. The minimum Gasteiger partial charge on any atom is -0.444 e. The number of aromatic nitrogens is 2. The summed E-state index contributed by atoms with van der Waals surface area (Å²) in [6.45, 7) is 6.07. The maximum Gasteiger partial charge on any atom is 0.413 e. The van der Waals surface area contributed by atoms with Gasteiger partial charge in [0.05, 0.1) is 6.20 Å². The predicted molar refractivity (Wildman–Crippen MR) is 90.0 cm³/mol. The van der Waals surface area contributed by atoms with Crippen molar-refractivity contribution < 1.29 is 18.3 Å². The van der Waals surface area contributed by atoms with E-state index in [4.69, 9.17) is 4.74 Å². The molecule has 2 aromatic rings. The second-order valence-corrected chi connectivity index (χ2v) is 6.62. The zero-order valence-corrected chi connectivity index (χ0v) is 14.7. The second kappa shape index (κ2) is 7.60. The van der Waals surface area contributed by atoms with Gasteiger partial charge in [-0.3, -0.25) is 10.00 Å². The SMILES string of the molecule is Cn1ncc(CNCc2ccc(F)c(F)c2)c1NC(=O)OC(C)(C)C. The van der Waals surface area contributed by atoms with E-state index in [9.17, 15) is 13.6 Å². The Morgan fingerprint density at radius 3 is 2.60 bits per heavy atom. The molecule has 25 heavy (non-hydrogen) atoms. The van der Waals surface area contributed by atoms with E-state index in [0.717, 1.165) is 17.7 Å². The maximum absolute atomic E-state index is 13.2. The first-order valence-electron chi connectivity index (χ1n) is 7.81. The molecule has 0 aliphatic carbocycles. The normalized spacial score (nSPS) is 11.4. The van der Waals surface area contributed by atoms with Gasteiger partial charge in [-0.2, -0.15) is 5.10 Å². The van der Waals surface area contributed by atoms with Gasteiger partial charge >= 0.3 is 6.09 Å². The zero-order valence-electron chi connectivity index (χ0n) is 14.7. The van der Waals surface area contributed by atoms with E-state index >= 15 is 0 Å². The van der Waals surface area contributed by atoms with Crippen molar-refractivity contribution in [3.05, 3.63) is 47.2 Å². The molecule has 0 spiro atoms. The largest absolute Gasteiger partial charge is 0.444 e. The van der Waals surface area contributed by atoms with Crippen LogP contribution >= 0.6 is 0 Å². The van der Waals surface area contributed by atoms with Crippen molar-refractivity contribution >= 4 is 11.9 Å². The summed E-state index contributed by atoms with van der Waals surface area (Å²) < 4.78 is 32.9. The lowest BCUT2D eigenvalue weighted by Gasteiger charge is -2.20. The van der Waals surface area contributed by atoms with Crippen LogP contribution in [0.1, 0.15) is 31.9 Å². The molecule has 2 rings (SSSR count). The van der Waals surface area contributed by atoms with Crippen molar-refractivity contribution in [2.75, 3.05) is 5.32 Å². The van der Waals surface area contributed by atoms with E-state index in [2.05, 4.69) is 15.7 Å². The van der Waals surface area contributed by atoms with Crippen LogP contribution < -0.4 is 10.6 Å². The molecule has 0 saturated heterocycles. The van der Waals surface area contributed by atoms with E-state index in [0.29, 0.717) is 24.5 Å². The highest BCUT2D eigenvalue weighted by Crippen LogP contribution is 2.16. The fraction of sp³-hybridized carbons (Fsp3) is 0.412. The third kappa shape index (κ3) is 5.53. The number of carbonyl (C=O) groups excluding carboxylic acids is 1. The Balaban J connectivity index is 1.96. The fourth-order valence-corrected chi connectivity index (χ4v) is 2.16. The number of rotatable bonds is 5. The Bertz CT molecular complexity index is 754. The number of ether oxygens (including phenoxy) is 1. The van der Waals surface area contributed by atoms with Crippen LogP contribution in [0.2, 0.25) is 0 Å². The highest BCUT2D eigenvalue weighted by atomic mass is 19.2. The number of anilines is 1. The smallest absolute Gasteiger partial charge is 0.413 e. The van der Waals surface area contributed by atoms with Gasteiger partial charge in [-0.15, -0.1) is 0 Å². The molecule has 0 fully saturated rings. The first-order valence-corrected chi connectivity index (χ1v) is 7.81. The van der Waals surface area contributed by atoms with E-state index in [-0.39, 0.29) is 0 Å². The molecule has 6 nitrogen and oxygen atoms in total. The van der Waals surface area contributed by atoms with E-state index in [1.54, 1.807) is 34.0 Å². The molecular formula is C17H22F2N4O2. The monoisotopic (exact) mass is 352 g/mol. The van der Waals surface area contributed by atoms with Crippen molar-refractivity contribution in [1.29, 1.82) is 0 Å². The molecule has 0 atom stereocenters. The van der Waals surface area contributed by atoms with Gasteiger partial charge in [0.25, 0.3) is 0 Å². The Morgan fingerprint density at radius 1 is 1.24 bits per heavy atom. The molecule has 0 bridgehead atoms. The number of hydrogen-bond donors (Lipinski definition) is 2. The average molecular weight is 352 g/mol. The van der Waals surface area contributed by atoms with Crippen LogP contribution in [0.15, 0.2) is 24.4 Å². The highest BCUT2D eigenvalue weighted by molar-refractivity contribution is 5.84. The van der Waals surface area contributed by atoms with Gasteiger partial charge in [0.2, 0.25) is 0 Å². The number of amides is 1. The van der Waals surface area contributed by atoms with Crippen LogP contribution in [-0.2, 0) is 24.9 Å². The van der Waals surface area contributed by atoms with E-state index in [1.165, 1.54) is 10.7 Å². The van der Waals surface area contributed by atoms with Crippen LogP contribution in [0.5, 0.6) is 0 Å². The number of hydrogen-bond acceptors (Lipinski definition) is 4. The summed E-state index contributed by atoms with van der Waals surface area (Å²) in [6.07, 6.45) is 1.04. The molecule has 0 radical (unpaired) electrons. The van der Waals surface area contributed by atoms with Gasteiger partial charge in [0.15, 0.2) is 11.6 Å². The van der Waals surface area contributed by atoms with Gasteiger partial charge < -0.3 is 10.1 Å². The molecule has 1 heterocycles. The number of nitrogens with zero attached hydrogens (tertiary/aromatic N) is 2. The number of aryl methyl sites for hydroxylation is 1.